The molecule has 2 rings (SSSR count). The molecular weight excluding hydrogens is 220 g/mol. The third kappa shape index (κ3) is 2.33. The minimum absolute atomic E-state index is 0.0534. The summed E-state index contributed by atoms with van der Waals surface area (Å²) in [4.78, 5) is 16.3. The summed E-state index contributed by atoms with van der Waals surface area (Å²) in [5, 5.41) is 2.94. The minimum atomic E-state index is -0.520. The van der Waals surface area contributed by atoms with E-state index in [0.717, 1.165) is 23.5 Å². The number of carbonyl (C=O) groups excluding carboxylic acids is 1. The molecule has 4 heteroatoms. The van der Waals surface area contributed by atoms with Gasteiger partial charge in [0.2, 0.25) is 0 Å². The number of hydrogen-bond acceptors (Lipinski definition) is 4. The number of ketones is 1. The molecule has 0 aliphatic heterocycles. The highest BCUT2D eigenvalue weighted by Gasteiger charge is 2.45. The lowest BCUT2D eigenvalue weighted by Crippen LogP contribution is -2.34. The molecule has 0 atom stereocenters. The van der Waals surface area contributed by atoms with Gasteiger partial charge >= 0.3 is 0 Å². The third-order valence-corrected chi connectivity index (χ3v) is 3.82. The molecule has 0 spiro atoms. The number of rotatable bonds is 3. The molecule has 0 bridgehead atoms. The summed E-state index contributed by atoms with van der Waals surface area (Å²) in [7, 11) is 0. The SMILES string of the molecule is CC(C)(C)c1csc(CC(=O)C2(N)CC2)n1. The van der Waals surface area contributed by atoms with Crippen LogP contribution in [0.15, 0.2) is 5.38 Å². The van der Waals surface area contributed by atoms with Gasteiger partial charge in [0.15, 0.2) is 5.78 Å². The summed E-state index contributed by atoms with van der Waals surface area (Å²) >= 11 is 1.56. The minimum Gasteiger partial charge on any atom is -0.319 e. The maximum atomic E-state index is 11.8. The third-order valence-electron chi connectivity index (χ3n) is 2.98. The fourth-order valence-electron chi connectivity index (χ4n) is 1.46. The van der Waals surface area contributed by atoms with Crippen molar-refractivity contribution in [3.05, 3.63) is 16.1 Å². The van der Waals surface area contributed by atoms with Crippen LogP contribution in [-0.4, -0.2) is 16.3 Å². The summed E-state index contributed by atoms with van der Waals surface area (Å²) in [5.74, 6) is 0.141. The van der Waals surface area contributed by atoms with Gasteiger partial charge in [-0.1, -0.05) is 20.8 Å². The summed E-state index contributed by atoms with van der Waals surface area (Å²) in [6.07, 6.45) is 2.07. The van der Waals surface area contributed by atoms with Crippen molar-refractivity contribution in [1.29, 1.82) is 0 Å². The highest BCUT2D eigenvalue weighted by molar-refractivity contribution is 7.09. The van der Waals surface area contributed by atoms with Crippen LogP contribution in [0.3, 0.4) is 0 Å². The smallest absolute Gasteiger partial charge is 0.159 e. The largest absolute Gasteiger partial charge is 0.319 e. The number of thiazole rings is 1. The molecule has 1 aromatic heterocycles. The van der Waals surface area contributed by atoms with Gasteiger partial charge in [0.25, 0.3) is 0 Å². The molecule has 0 aromatic carbocycles. The summed E-state index contributed by atoms with van der Waals surface area (Å²) < 4.78 is 0. The normalized spacial score (nSPS) is 18.5. The number of carbonyl (C=O) groups is 1. The lowest BCUT2D eigenvalue weighted by molar-refractivity contribution is -0.120. The summed E-state index contributed by atoms with van der Waals surface area (Å²) in [5.41, 5.74) is 6.45. The fraction of sp³-hybridized carbons (Fsp3) is 0.667. The standard InChI is InChI=1S/C12H18N2OS/c1-11(2,3)8-7-16-10(14-8)6-9(15)12(13)4-5-12/h7H,4-6,13H2,1-3H3. The van der Waals surface area contributed by atoms with E-state index in [2.05, 4.69) is 25.8 Å². The van der Waals surface area contributed by atoms with Crippen LogP contribution in [0.2, 0.25) is 0 Å². The average molecular weight is 238 g/mol. The van der Waals surface area contributed by atoms with Crippen molar-refractivity contribution >= 4 is 17.1 Å². The summed E-state index contributed by atoms with van der Waals surface area (Å²) in [6, 6.07) is 0. The molecule has 1 heterocycles. The van der Waals surface area contributed by atoms with E-state index >= 15 is 0 Å². The monoisotopic (exact) mass is 238 g/mol. The molecule has 1 aliphatic carbocycles. The second-order valence-electron chi connectivity index (χ2n) is 5.63. The molecule has 0 saturated heterocycles. The van der Waals surface area contributed by atoms with Crippen LogP contribution in [-0.2, 0) is 16.6 Å². The zero-order valence-electron chi connectivity index (χ0n) is 10.0. The van der Waals surface area contributed by atoms with Crippen molar-refractivity contribution in [3.8, 4) is 0 Å². The Balaban J connectivity index is 2.06. The first kappa shape index (κ1) is 11.7. The maximum absolute atomic E-state index is 11.8. The Morgan fingerprint density at radius 2 is 2.19 bits per heavy atom. The first-order chi connectivity index (χ1) is 7.31. The van der Waals surface area contributed by atoms with Crippen LogP contribution in [0.25, 0.3) is 0 Å². The Hall–Kier alpha value is -0.740. The van der Waals surface area contributed by atoms with Gasteiger partial charge in [0, 0.05) is 10.8 Å². The molecule has 2 N–H and O–H groups in total. The Bertz CT molecular complexity index is 413. The molecule has 0 amide bonds. The van der Waals surface area contributed by atoms with Gasteiger partial charge < -0.3 is 5.73 Å². The first-order valence-electron chi connectivity index (χ1n) is 5.58. The van der Waals surface area contributed by atoms with Crippen molar-refractivity contribution in [2.24, 2.45) is 5.73 Å². The van der Waals surface area contributed by atoms with Crippen molar-refractivity contribution < 1.29 is 4.79 Å². The first-order valence-corrected chi connectivity index (χ1v) is 6.46. The molecular formula is C12H18N2OS. The van der Waals surface area contributed by atoms with E-state index in [0.29, 0.717) is 6.42 Å². The molecule has 1 fully saturated rings. The van der Waals surface area contributed by atoms with Crippen molar-refractivity contribution in [2.75, 3.05) is 0 Å². The topological polar surface area (TPSA) is 56.0 Å². The fourth-order valence-corrected chi connectivity index (χ4v) is 2.48. The van der Waals surface area contributed by atoms with Crippen molar-refractivity contribution in [2.45, 2.75) is 51.0 Å². The summed E-state index contributed by atoms with van der Waals surface area (Å²) in [6.45, 7) is 6.37. The van der Waals surface area contributed by atoms with E-state index < -0.39 is 5.54 Å². The average Bonchev–Trinajstić information content (AvgIpc) is 2.75. The Kier molecular flexibility index (Phi) is 2.67. The van der Waals surface area contributed by atoms with Gasteiger partial charge in [-0.15, -0.1) is 11.3 Å². The van der Waals surface area contributed by atoms with E-state index in [9.17, 15) is 4.79 Å². The Morgan fingerprint density at radius 3 is 2.62 bits per heavy atom. The van der Waals surface area contributed by atoms with Crippen LogP contribution in [0, 0.1) is 0 Å². The zero-order chi connectivity index (χ0) is 12.0. The molecule has 1 saturated carbocycles. The molecule has 16 heavy (non-hydrogen) atoms. The van der Waals surface area contributed by atoms with Crippen LogP contribution >= 0.6 is 11.3 Å². The predicted molar refractivity (Wildman–Crippen MR) is 65.7 cm³/mol. The highest BCUT2D eigenvalue weighted by atomic mass is 32.1. The number of nitrogens with zero attached hydrogens (tertiary/aromatic N) is 1. The van der Waals surface area contributed by atoms with Gasteiger partial charge in [-0.3, -0.25) is 4.79 Å². The molecule has 0 unspecified atom stereocenters. The van der Waals surface area contributed by atoms with E-state index in [1.165, 1.54) is 0 Å². The Labute approximate surface area is 100 Å². The van der Waals surface area contributed by atoms with Crippen molar-refractivity contribution in [3.63, 3.8) is 0 Å². The van der Waals surface area contributed by atoms with E-state index in [-0.39, 0.29) is 11.2 Å². The highest BCUT2D eigenvalue weighted by Crippen LogP contribution is 2.34. The van der Waals surface area contributed by atoms with Gasteiger partial charge in [0.1, 0.15) is 5.01 Å². The van der Waals surface area contributed by atoms with Gasteiger partial charge in [-0.25, -0.2) is 4.98 Å². The zero-order valence-corrected chi connectivity index (χ0v) is 10.9. The van der Waals surface area contributed by atoms with Crippen LogP contribution in [0.5, 0.6) is 0 Å². The number of Topliss-reactive ketones (excluding diaryl/α,β-unsaturated/α-hetero) is 1. The lowest BCUT2D eigenvalue weighted by Gasteiger charge is -2.14. The second-order valence-corrected chi connectivity index (χ2v) is 6.58. The Morgan fingerprint density at radius 1 is 1.56 bits per heavy atom. The number of nitrogens with two attached hydrogens (primary N) is 1. The number of hydrogen-bond donors (Lipinski definition) is 1. The molecule has 0 radical (unpaired) electrons. The van der Waals surface area contributed by atoms with E-state index in [4.69, 9.17) is 5.73 Å². The van der Waals surface area contributed by atoms with E-state index in [1.807, 2.05) is 5.38 Å². The van der Waals surface area contributed by atoms with Gasteiger partial charge in [0.05, 0.1) is 17.7 Å². The second kappa shape index (κ2) is 3.64. The van der Waals surface area contributed by atoms with Gasteiger partial charge in [-0.05, 0) is 12.8 Å². The maximum Gasteiger partial charge on any atom is 0.159 e. The molecule has 1 aromatic rings. The quantitative estimate of drug-likeness (QED) is 0.876. The van der Waals surface area contributed by atoms with Gasteiger partial charge in [-0.2, -0.15) is 0 Å². The van der Waals surface area contributed by atoms with Crippen LogP contribution in [0.1, 0.15) is 44.3 Å². The van der Waals surface area contributed by atoms with Crippen LogP contribution in [0.4, 0.5) is 0 Å². The molecule has 88 valence electrons. The number of aromatic nitrogens is 1. The molecule has 3 nitrogen and oxygen atoms in total. The van der Waals surface area contributed by atoms with Crippen LogP contribution < -0.4 is 5.73 Å². The van der Waals surface area contributed by atoms with Crippen molar-refractivity contribution in [1.82, 2.24) is 4.98 Å². The lowest BCUT2D eigenvalue weighted by atomic mass is 9.93. The predicted octanol–water partition coefficient (Wildman–Crippen LogP) is 2.04. The molecule has 1 aliphatic rings. The van der Waals surface area contributed by atoms with E-state index in [1.54, 1.807) is 11.3 Å².